The molecule has 1 saturated carbocycles. The number of hydrogen-bond donors (Lipinski definition) is 2. The SMILES string of the molecule is CCCNC(=O)c1ncn2c1C(=O)N(C1CC1)[C@@](C)(C(=O)NCc1cccc(C)c1)C2. The lowest BCUT2D eigenvalue weighted by Crippen LogP contribution is -2.64. The van der Waals surface area contributed by atoms with Crippen molar-refractivity contribution in [3.05, 3.63) is 53.1 Å². The molecule has 1 aliphatic heterocycles. The van der Waals surface area contributed by atoms with Crippen LogP contribution in [0.1, 0.15) is 65.2 Å². The second kappa shape index (κ2) is 8.17. The van der Waals surface area contributed by atoms with E-state index < -0.39 is 5.54 Å². The second-order valence-corrected chi connectivity index (χ2v) is 8.68. The van der Waals surface area contributed by atoms with Gasteiger partial charge in [0.25, 0.3) is 11.8 Å². The first-order chi connectivity index (χ1) is 14.8. The minimum atomic E-state index is -1.05. The van der Waals surface area contributed by atoms with Gasteiger partial charge in [0.1, 0.15) is 11.2 Å². The molecule has 164 valence electrons. The number of aromatic nitrogens is 2. The molecule has 1 aromatic carbocycles. The molecule has 2 heterocycles. The molecule has 1 fully saturated rings. The fourth-order valence-electron chi connectivity index (χ4n) is 4.24. The normalized spacial score (nSPS) is 20.4. The minimum Gasteiger partial charge on any atom is -0.351 e. The molecule has 0 radical (unpaired) electrons. The second-order valence-electron chi connectivity index (χ2n) is 8.68. The number of rotatable bonds is 7. The van der Waals surface area contributed by atoms with Crippen LogP contribution >= 0.6 is 0 Å². The maximum absolute atomic E-state index is 13.5. The summed E-state index contributed by atoms with van der Waals surface area (Å²) in [6.45, 7) is 6.95. The summed E-state index contributed by atoms with van der Waals surface area (Å²) < 4.78 is 1.65. The van der Waals surface area contributed by atoms with Gasteiger partial charge in [0.05, 0.1) is 12.9 Å². The van der Waals surface area contributed by atoms with E-state index in [1.165, 1.54) is 6.33 Å². The summed E-state index contributed by atoms with van der Waals surface area (Å²) >= 11 is 0. The van der Waals surface area contributed by atoms with Crippen LogP contribution in [0.5, 0.6) is 0 Å². The largest absolute Gasteiger partial charge is 0.351 e. The predicted molar refractivity (Wildman–Crippen MR) is 115 cm³/mol. The lowest BCUT2D eigenvalue weighted by Gasteiger charge is -2.44. The predicted octanol–water partition coefficient (Wildman–Crippen LogP) is 2.02. The molecule has 4 rings (SSSR count). The van der Waals surface area contributed by atoms with E-state index in [0.29, 0.717) is 13.1 Å². The number of imidazole rings is 1. The summed E-state index contributed by atoms with van der Waals surface area (Å²) in [7, 11) is 0. The molecule has 8 heteroatoms. The van der Waals surface area contributed by atoms with Crippen molar-refractivity contribution in [3.8, 4) is 0 Å². The standard InChI is InChI=1S/C23H29N5O3/c1-4-10-24-20(29)18-19-21(30)28(17-8-9-17)23(3,13-27(19)14-26-18)22(31)25-12-16-7-5-6-15(2)11-16/h5-7,11,14,17H,4,8-10,12-13H2,1-3H3,(H,24,29)(H,25,31)/t23-/m1/s1. The zero-order chi connectivity index (χ0) is 22.2. The summed E-state index contributed by atoms with van der Waals surface area (Å²) in [6.07, 6.45) is 4.00. The van der Waals surface area contributed by atoms with E-state index >= 15 is 0 Å². The molecule has 1 aliphatic carbocycles. The first-order valence-corrected chi connectivity index (χ1v) is 10.9. The van der Waals surface area contributed by atoms with Gasteiger partial charge in [-0.25, -0.2) is 4.98 Å². The van der Waals surface area contributed by atoms with Gasteiger partial charge in [-0.2, -0.15) is 0 Å². The van der Waals surface area contributed by atoms with E-state index in [1.807, 2.05) is 38.1 Å². The van der Waals surface area contributed by atoms with Crippen molar-refractivity contribution in [2.45, 2.75) is 64.7 Å². The summed E-state index contributed by atoms with van der Waals surface area (Å²) in [5.74, 6) is -0.862. The summed E-state index contributed by atoms with van der Waals surface area (Å²) in [6, 6.07) is 7.98. The maximum Gasteiger partial charge on any atom is 0.274 e. The summed E-state index contributed by atoms with van der Waals surface area (Å²) in [5, 5.41) is 5.80. The highest BCUT2D eigenvalue weighted by molar-refractivity contribution is 6.07. The van der Waals surface area contributed by atoms with Crippen molar-refractivity contribution in [2.24, 2.45) is 0 Å². The molecule has 2 N–H and O–H groups in total. The van der Waals surface area contributed by atoms with E-state index in [2.05, 4.69) is 15.6 Å². The van der Waals surface area contributed by atoms with Gasteiger partial charge in [0, 0.05) is 19.1 Å². The molecule has 1 aromatic heterocycles. The monoisotopic (exact) mass is 423 g/mol. The molecule has 0 unspecified atom stereocenters. The van der Waals surface area contributed by atoms with Crippen LogP contribution in [0.25, 0.3) is 0 Å². The summed E-state index contributed by atoms with van der Waals surface area (Å²) in [5.41, 5.74) is 1.49. The maximum atomic E-state index is 13.5. The van der Waals surface area contributed by atoms with Crippen molar-refractivity contribution in [3.63, 3.8) is 0 Å². The number of amides is 3. The molecule has 8 nitrogen and oxygen atoms in total. The average Bonchev–Trinajstić information content (AvgIpc) is 3.48. The Morgan fingerprint density at radius 3 is 2.71 bits per heavy atom. The van der Waals surface area contributed by atoms with E-state index in [4.69, 9.17) is 0 Å². The van der Waals surface area contributed by atoms with E-state index in [0.717, 1.165) is 30.4 Å². The molecular formula is C23H29N5O3. The third-order valence-corrected chi connectivity index (χ3v) is 5.96. The lowest BCUT2D eigenvalue weighted by molar-refractivity contribution is -0.133. The first kappa shape index (κ1) is 21.1. The molecule has 3 amide bonds. The Morgan fingerprint density at radius 2 is 2.03 bits per heavy atom. The van der Waals surface area contributed by atoms with Gasteiger partial charge in [0.2, 0.25) is 5.91 Å². The van der Waals surface area contributed by atoms with Crippen LogP contribution in [0.15, 0.2) is 30.6 Å². The number of nitrogens with zero attached hydrogens (tertiary/aromatic N) is 3. The van der Waals surface area contributed by atoms with Crippen LogP contribution in [0.3, 0.4) is 0 Å². The fraction of sp³-hybridized carbons (Fsp3) is 0.478. The lowest BCUT2D eigenvalue weighted by atomic mass is 9.93. The number of hydrogen-bond acceptors (Lipinski definition) is 4. The zero-order valence-electron chi connectivity index (χ0n) is 18.3. The fourth-order valence-corrected chi connectivity index (χ4v) is 4.24. The Bertz CT molecular complexity index is 1030. The summed E-state index contributed by atoms with van der Waals surface area (Å²) in [4.78, 5) is 45.2. The molecule has 1 atom stereocenters. The van der Waals surface area contributed by atoms with Crippen molar-refractivity contribution < 1.29 is 14.4 Å². The van der Waals surface area contributed by atoms with Crippen molar-refractivity contribution >= 4 is 17.7 Å². The van der Waals surface area contributed by atoms with Gasteiger partial charge in [-0.15, -0.1) is 0 Å². The quantitative estimate of drug-likeness (QED) is 0.712. The third-order valence-electron chi connectivity index (χ3n) is 5.96. The smallest absolute Gasteiger partial charge is 0.274 e. The number of carbonyl (C=O) groups excluding carboxylic acids is 3. The molecule has 0 saturated heterocycles. The number of carbonyl (C=O) groups is 3. The first-order valence-electron chi connectivity index (χ1n) is 10.9. The van der Waals surface area contributed by atoms with Crippen LogP contribution in [0, 0.1) is 6.92 Å². The Balaban J connectivity index is 1.60. The highest BCUT2D eigenvalue weighted by Crippen LogP contribution is 2.38. The number of nitrogens with one attached hydrogen (secondary N) is 2. The highest BCUT2D eigenvalue weighted by atomic mass is 16.2. The minimum absolute atomic E-state index is 0.0115. The number of fused-ring (bicyclic) bond motifs is 1. The van der Waals surface area contributed by atoms with Gasteiger partial charge in [0.15, 0.2) is 5.69 Å². The highest BCUT2D eigenvalue weighted by Gasteiger charge is 2.53. The molecular weight excluding hydrogens is 394 g/mol. The molecule has 31 heavy (non-hydrogen) atoms. The van der Waals surface area contributed by atoms with E-state index in [9.17, 15) is 14.4 Å². The topological polar surface area (TPSA) is 96.3 Å². The molecule has 0 spiro atoms. The van der Waals surface area contributed by atoms with Gasteiger partial charge >= 0.3 is 0 Å². The van der Waals surface area contributed by atoms with Crippen LogP contribution in [0.2, 0.25) is 0 Å². The Hall–Kier alpha value is -3.16. The number of aryl methyl sites for hydroxylation is 1. The Kier molecular flexibility index (Phi) is 5.56. The van der Waals surface area contributed by atoms with Crippen LogP contribution in [0.4, 0.5) is 0 Å². The Morgan fingerprint density at radius 1 is 1.26 bits per heavy atom. The average molecular weight is 424 g/mol. The molecule has 2 aliphatic rings. The van der Waals surface area contributed by atoms with Crippen LogP contribution in [-0.4, -0.2) is 50.3 Å². The van der Waals surface area contributed by atoms with Gasteiger partial charge < -0.3 is 20.1 Å². The van der Waals surface area contributed by atoms with Crippen LogP contribution < -0.4 is 10.6 Å². The van der Waals surface area contributed by atoms with Gasteiger partial charge in [-0.3, -0.25) is 14.4 Å². The van der Waals surface area contributed by atoms with E-state index in [-0.39, 0.29) is 41.7 Å². The van der Waals surface area contributed by atoms with Gasteiger partial charge in [-0.05, 0) is 38.7 Å². The van der Waals surface area contributed by atoms with Crippen LogP contribution in [-0.2, 0) is 17.9 Å². The zero-order valence-corrected chi connectivity index (χ0v) is 18.3. The van der Waals surface area contributed by atoms with Crippen molar-refractivity contribution in [1.82, 2.24) is 25.1 Å². The van der Waals surface area contributed by atoms with Gasteiger partial charge in [-0.1, -0.05) is 36.8 Å². The molecule has 2 aromatic rings. The number of benzene rings is 1. The van der Waals surface area contributed by atoms with Crippen molar-refractivity contribution in [1.29, 1.82) is 0 Å². The third kappa shape index (κ3) is 3.94. The molecule has 0 bridgehead atoms. The van der Waals surface area contributed by atoms with E-state index in [1.54, 1.807) is 16.4 Å². The Labute approximate surface area is 182 Å². The van der Waals surface area contributed by atoms with Crippen molar-refractivity contribution in [2.75, 3.05) is 6.54 Å².